The van der Waals surface area contributed by atoms with Crippen LogP contribution in [0.4, 0.5) is 8.78 Å². The van der Waals surface area contributed by atoms with Gasteiger partial charge in [0.25, 0.3) is 0 Å². The zero-order valence-corrected chi connectivity index (χ0v) is 5.67. The molecule has 1 aromatic carbocycles. The number of rotatable bonds is 1. The summed E-state index contributed by atoms with van der Waals surface area (Å²) in [5.41, 5.74) is -1.10. The van der Waals surface area contributed by atoms with Crippen LogP contribution in [0.1, 0.15) is 10.4 Å². The number of carboxylic acids is 1. The Labute approximate surface area is 65.9 Å². The standard InChI is InChI=1S/C7H4F2O3/c8-4-1-3(10)2-5(9)6(4)7(11)12/h1-2,10H,(H,11,12)/p-1. The summed E-state index contributed by atoms with van der Waals surface area (Å²) in [5.74, 6) is -5.33. The maximum absolute atomic E-state index is 12.5. The Morgan fingerprint density at radius 1 is 1.33 bits per heavy atom. The van der Waals surface area contributed by atoms with E-state index in [9.17, 15) is 18.7 Å². The molecule has 0 unspecified atom stereocenters. The third-order valence-corrected chi connectivity index (χ3v) is 1.23. The van der Waals surface area contributed by atoms with Crippen molar-refractivity contribution in [2.45, 2.75) is 0 Å². The predicted octanol–water partition coefficient (Wildman–Crippen LogP) is 0.737. The van der Waals surface area contributed by atoms with Crippen molar-refractivity contribution in [2.24, 2.45) is 0 Å². The number of hydrogen-bond donors (Lipinski definition) is 1. The molecule has 12 heavy (non-hydrogen) atoms. The highest BCUT2D eigenvalue weighted by Gasteiger charge is 2.15. The Hall–Kier alpha value is -1.65. The number of aromatic carboxylic acids is 1. The van der Waals surface area contributed by atoms with E-state index in [1.165, 1.54) is 0 Å². The van der Waals surface area contributed by atoms with E-state index in [1.54, 1.807) is 0 Å². The third-order valence-electron chi connectivity index (χ3n) is 1.23. The van der Waals surface area contributed by atoms with Crippen molar-refractivity contribution >= 4 is 5.97 Å². The van der Waals surface area contributed by atoms with Gasteiger partial charge in [-0.05, 0) is 12.1 Å². The Balaban J connectivity index is 3.38. The molecule has 0 heterocycles. The fourth-order valence-electron chi connectivity index (χ4n) is 0.754. The summed E-state index contributed by atoms with van der Waals surface area (Å²) in [5, 5.41) is 18.7. The van der Waals surface area contributed by atoms with Crippen molar-refractivity contribution in [2.75, 3.05) is 0 Å². The zero-order chi connectivity index (χ0) is 9.30. The SMILES string of the molecule is O=C(O)c1c(F)cc([O-])cc1F. The molecule has 5 heteroatoms. The molecule has 0 aliphatic carbocycles. The molecule has 0 aromatic heterocycles. The summed E-state index contributed by atoms with van der Waals surface area (Å²) in [7, 11) is 0. The first kappa shape index (κ1) is 8.45. The van der Waals surface area contributed by atoms with Gasteiger partial charge in [0.1, 0.15) is 17.2 Å². The fourth-order valence-corrected chi connectivity index (χ4v) is 0.754. The van der Waals surface area contributed by atoms with E-state index in [2.05, 4.69) is 0 Å². The van der Waals surface area contributed by atoms with Gasteiger partial charge in [-0.3, -0.25) is 0 Å². The maximum atomic E-state index is 12.5. The Morgan fingerprint density at radius 3 is 2.08 bits per heavy atom. The predicted molar refractivity (Wildman–Crippen MR) is 32.8 cm³/mol. The molecular weight excluding hydrogens is 170 g/mol. The molecule has 64 valence electrons. The lowest BCUT2D eigenvalue weighted by molar-refractivity contribution is -0.268. The molecule has 0 bridgehead atoms. The van der Waals surface area contributed by atoms with E-state index in [0.29, 0.717) is 12.1 Å². The van der Waals surface area contributed by atoms with E-state index in [-0.39, 0.29) is 0 Å². The quantitative estimate of drug-likeness (QED) is 0.681. The van der Waals surface area contributed by atoms with Crippen LogP contribution in [0.15, 0.2) is 12.1 Å². The molecule has 0 aliphatic rings. The van der Waals surface area contributed by atoms with E-state index in [1.807, 2.05) is 0 Å². The third kappa shape index (κ3) is 1.34. The fraction of sp³-hybridized carbons (Fsp3) is 0. The van der Waals surface area contributed by atoms with Gasteiger partial charge in [-0.2, -0.15) is 0 Å². The average molecular weight is 173 g/mol. The lowest BCUT2D eigenvalue weighted by Gasteiger charge is -2.06. The first-order valence-electron chi connectivity index (χ1n) is 2.91. The normalized spacial score (nSPS) is 9.83. The molecule has 0 spiro atoms. The number of carbonyl (C=O) groups is 1. The lowest BCUT2D eigenvalue weighted by Crippen LogP contribution is -2.05. The molecule has 0 atom stereocenters. The van der Waals surface area contributed by atoms with Crippen LogP contribution in [-0.2, 0) is 0 Å². The van der Waals surface area contributed by atoms with E-state index in [4.69, 9.17) is 5.11 Å². The van der Waals surface area contributed by atoms with Crippen molar-refractivity contribution in [3.63, 3.8) is 0 Å². The second kappa shape index (κ2) is 2.77. The minimum atomic E-state index is -1.73. The van der Waals surface area contributed by atoms with Gasteiger partial charge in [-0.1, -0.05) is 0 Å². The monoisotopic (exact) mass is 173 g/mol. The van der Waals surface area contributed by atoms with E-state index >= 15 is 0 Å². The second-order valence-corrected chi connectivity index (χ2v) is 2.07. The molecule has 0 saturated carbocycles. The molecular formula is C7H3F2O3-. The first-order valence-corrected chi connectivity index (χ1v) is 2.91. The Bertz CT molecular complexity index is 312. The topological polar surface area (TPSA) is 60.4 Å². The average Bonchev–Trinajstić information content (AvgIpc) is 1.82. The van der Waals surface area contributed by atoms with Crippen molar-refractivity contribution in [1.29, 1.82) is 0 Å². The van der Waals surface area contributed by atoms with Gasteiger partial charge in [-0.25, -0.2) is 13.6 Å². The molecule has 3 nitrogen and oxygen atoms in total. The van der Waals surface area contributed by atoms with Gasteiger partial charge in [0.05, 0.1) is 0 Å². The summed E-state index contributed by atoms with van der Waals surface area (Å²) in [6.07, 6.45) is 0. The minimum Gasteiger partial charge on any atom is -0.872 e. The second-order valence-electron chi connectivity index (χ2n) is 2.07. The van der Waals surface area contributed by atoms with Gasteiger partial charge in [0.2, 0.25) is 0 Å². The molecule has 0 radical (unpaired) electrons. The van der Waals surface area contributed by atoms with E-state index in [0.717, 1.165) is 0 Å². The van der Waals surface area contributed by atoms with Crippen LogP contribution < -0.4 is 5.11 Å². The van der Waals surface area contributed by atoms with Crippen molar-refractivity contribution in [3.8, 4) is 5.75 Å². The zero-order valence-electron chi connectivity index (χ0n) is 5.67. The number of hydrogen-bond acceptors (Lipinski definition) is 2. The van der Waals surface area contributed by atoms with Crippen LogP contribution in [0.5, 0.6) is 5.75 Å². The van der Waals surface area contributed by atoms with Gasteiger partial charge < -0.3 is 10.2 Å². The highest BCUT2D eigenvalue weighted by molar-refractivity contribution is 5.88. The van der Waals surface area contributed by atoms with Crippen LogP contribution in [0.25, 0.3) is 0 Å². The molecule has 0 saturated heterocycles. The van der Waals surface area contributed by atoms with Crippen molar-refractivity contribution in [1.82, 2.24) is 0 Å². The van der Waals surface area contributed by atoms with Crippen LogP contribution in [0.3, 0.4) is 0 Å². The minimum absolute atomic E-state index is 0.423. The molecule has 1 rings (SSSR count). The van der Waals surface area contributed by atoms with Gasteiger partial charge in [0, 0.05) is 0 Å². The van der Waals surface area contributed by atoms with E-state index < -0.39 is 28.9 Å². The lowest BCUT2D eigenvalue weighted by atomic mass is 10.2. The van der Waals surface area contributed by atoms with Crippen LogP contribution in [0, 0.1) is 11.6 Å². The maximum Gasteiger partial charge on any atom is 0.341 e. The van der Waals surface area contributed by atoms with Crippen molar-refractivity contribution in [3.05, 3.63) is 29.3 Å². The molecule has 1 N–H and O–H groups in total. The summed E-state index contributed by atoms with van der Waals surface area (Å²) in [4.78, 5) is 10.2. The summed E-state index contributed by atoms with van der Waals surface area (Å²) >= 11 is 0. The van der Waals surface area contributed by atoms with Crippen LogP contribution >= 0.6 is 0 Å². The Kier molecular flexibility index (Phi) is 1.95. The first-order chi connectivity index (χ1) is 5.52. The highest BCUT2D eigenvalue weighted by atomic mass is 19.1. The summed E-state index contributed by atoms with van der Waals surface area (Å²) in [6.45, 7) is 0. The largest absolute Gasteiger partial charge is 0.872 e. The molecule has 0 fully saturated rings. The van der Waals surface area contributed by atoms with Crippen LogP contribution in [-0.4, -0.2) is 11.1 Å². The summed E-state index contributed by atoms with van der Waals surface area (Å²) < 4.78 is 25.1. The molecule has 0 aliphatic heterocycles. The van der Waals surface area contributed by atoms with Gasteiger partial charge >= 0.3 is 5.97 Å². The number of halogens is 2. The Morgan fingerprint density at radius 2 is 1.75 bits per heavy atom. The number of carboxylic acid groups (broad SMARTS) is 1. The summed E-state index contributed by atoms with van der Waals surface area (Å²) in [6, 6.07) is 0.846. The van der Waals surface area contributed by atoms with Crippen molar-refractivity contribution < 1.29 is 23.8 Å². The number of benzene rings is 1. The van der Waals surface area contributed by atoms with Gasteiger partial charge in [0.15, 0.2) is 0 Å². The molecule has 0 amide bonds. The van der Waals surface area contributed by atoms with Gasteiger partial charge in [-0.15, -0.1) is 5.75 Å². The highest BCUT2D eigenvalue weighted by Crippen LogP contribution is 2.17. The van der Waals surface area contributed by atoms with Crippen LogP contribution in [0.2, 0.25) is 0 Å². The smallest absolute Gasteiger partial charge is 0.341 e. The molecule has 1 aromatic rings.